The molecule has 5 heteroatoms. The Morgan fingerprint density at radius 1 is 1.29 bits per heavy atom. The first-order valence-electron chi connectivity index (χ1n) is 4.40. The lowest BCUT2D eigenvalue weighted by atomic mass is 10.1. The monoisotopic (exact) mass is 201 g/mol. The Kier molecular flexibility index (Phi) is 5.52. The molecule has 0 radical (unpaired) electrons. The second kappa shape index (κ2) is 6.12. The summed E-state index contributed by atoms with van der Waals surface area (Å²) in [5, 5.41) is 2.41. The summed E-state index contributed by atoms with van der Waals surface area (Å²) in [6.45, 7) is 4.51. The minimum absolute atomic E-state index is 0.00347. The molecule has 0 aliphatic rings. The third kappa shape index (κ3) is 4.59. The van der Waals surface area contributed by atoms with E-state index in [0.717, 1.165) is 0 Å². The Morgan fingerprint density at radius 2 is 1.86 bits per heavy atom. The lowest BCUT2D eigenvalue weighted by Gasteiger charge is -2.12. The van der Waals surface area contributed by atoms with Gasteiger partial charge in [0, 0.05) is 13.5 Å². The molecule has 14 heavy (non-hydrogen) atoms. The summed E-state index contributed by atoms with van der Waals surface area (Å²) >= 11 is 0. The zero-order valence-corrected chi connectivity index (χ0v) is 8.62. The summed E-state index contributed by atoms with van der Waals surface area (Å²) in [6, 6.07) is 0. The van der Waals surface area contributed by atoms with E-state index in [-0.39, 0.29) is 24.8 Å². The van der Waals surface area contributed by atoms with Crippen molar-refractivity contribution in [3.63, 3.8) is 0 Å². The molecular formula is C9H15NO4. The maximum atomic E-state index is 11.2. The molecule has 1 amide bonds. The first kappa shape index (κ1) is 12.6. The molecule has 0 aliphatic carbocycles. The van der Waals surface area contributed by atoms with Crippen LogP contribution in [0.5, 0.6) is 0 Å². The SMILES string of the molecule is CCOC(=O)C(CNC(C)=O)C(C)=O. The topological polar surface area (TPSA) is 72.5 Å². The molecule has 5 nitrogen and oxygen atoms in total. The molecule has 0 bridgehead atoms. The van der Waals surface area contributed by atoms with Crippen molar-refractivity contribution in [2.24, 2.45) is 5.92 Å². The van der Waals surface area contributed by atoms with Gasteiger partial charge in [0.25, 0.3) is 0 Å². The predicted molar refractivity (Wildman–Crippen MR) is 49.5 cm³/mol. The number of esters is 1. The maximum Gasteiger partial charge on any atom is 0.318 e. The molecule has 0 aromatic heterocycles. The molecule has 0 aromatic carbocycles. The van der Waals surface area contributed by atoms with E-state index >= 15 is 0 Å². The number of carbonyl (C=O) groups excluding carboxylic acids is 3. The molecular weight excluding hydrogens is 186 g/mol. The molecule has 80 valence electrons. The Hall–Kier alpha value is -1.39. The molecule has 0 saturated carbocycles. The molecule has 0 heterocycles. The third-order valence-electron chi connectivity index (χ3n) is 1.62. The zero-order valence-electron chi connectivity index (χ0n) is 8.62. The number of nitrogens with one attached hydrogen (secondary N) is 1. The van der Waals surface area contributed by atoms with E-state index in [0.29, 0.717) is 0 Å². The summed E-state index contributed by atoms with van der Waals surface area (Å²) < 4.78 is 4.69. The number of ether oxygens (including phenoxy) is 1. The van der Waals surface area contributed by atoms with Crippen LogP contribution in [-0.4, -0.2) is 30.8 Å². The van der Waals surface area contributed by atoms with Crippen LogP contribution in [0, 0.1) is 5.92 Å². The largest absolute Gasteiger partial charge is 0.465 e. The van der Waals surface area contributed by atoms with Crippen molar-refractivity contribution in [2.75, 3.05) is 13.2 Å². The van der Waals surface area contributed by atoms with Gasteiger partial charge in [0.15, 0.2) is 0 Å². The summed E-state index contributed by atoms with van der Waals surface area (Å²) in [7, 11) is 0. The van der Waals surface area contributed by atoms with Crippen molar-refractivity contribution in [3.05, 3.63) is 0 Å². The van der Waals surface area contributed by atoms with Crippen LogP contribution >= 0.6 is 0 Å². The second-order valence-electron chi connectivity index (χ2n) is 2.85. The van der Waals surface area contributed by atoms with Crippen molar-refractivity contribution >= 4 is 17.7 Å². The van der Waals surface area contributed by atoms with Crippen molar-refractivity contribution in [1.82, 2.24) is 5.32 Å². The van der Waals surface area contributed by atoms with Gasteiger partial charge in [-0.3, -0.25) is 14.4 Å². The highest BCUT2D eigenvalue weighted by Gasteiger charge is 2.24. The van der Waals surface area contributed by atoms with Crippen molar-refractivity contribution in [2.45, 2.75) is 20.8 Å². The van der Waals surface area contributed by atoms with Crippen LogP contribution in [0.15, 0.2) is 0 Å². The molecule has 1 N–H and O–H groups in total. The molecule has 0 aliphatic heterocycles. The van der Waals surface area contributed by atoms with Crippen LogP contribution in [-0.2, 0) is 19.1 Å². The summed E-state index contributed by atoms with van der Waals surface area (Å²) in [6.07, 6.45) is 0. The van der Waals surface area contributed by atoms with Crippen molar-refractivity contribution in [3.8, 4) is 0 Å². The molecule has 0 fully saturated rings. The Morgan fingerprint density at radius 3 is 2.21 bits per heavy atom. The molecule has 0 spiro atoms. The van der Waals surface area contributed by atoms with Crippen LogP contribution in [0.25, 0.3) is 0 Å². The van der Waals surface area contributed by atoms with Crippen LogP contribution in [0.2, 0.25) is 0 Å². The van der Waals surface area contributed by atoms with E-state index in [1.165, 1.54) is 13.8 Å². The fourth-order valence-electron chi connectivity index (χ4n) is 0.882. The van der Waals surface area contributed by atoms with E-state index < -0.39 is 11.9 Å². The predicted octanol–water partition coefficient (Wildman–Crippen LogP) is -0.109. The van der Waals surface area contributed by atoms with Gasteiger partial charge in [-0.1, -0.05) is 0 Å². The Bertz CT molecular complexity index is 237. The van der Waals surface area contributed by atoms with E-state index in [4.69, 9.17) is 0 Å². The minimum atomic E-state index is -0.890. The first-order chi connectivity index (χ1) is 6.49. The molecule has 1 atom stereocenters. The number of hydrogen-bond acceptors (Lipinski definition) is 4. The van der Waals surface area contributed by atoms with Crippen molar-refractivity contribution < 1.29 is 19.1 Å². The normalized spacial score (nSPS) is 11.6. The second-order valence-corrected chi connectivity index (χ2v) is 2.85. The van der Waals surface area contributed by atoms with Crippen LogP contribution in [0.1, 0.15) is 20.8 Å². The summed E-state index contributed by atoms with van der Waals surface area (Å²) in [5.74, 6) is -2.06. The lowest BCUT2D eigenvalue weighted by Crippen LogP contribution is -2.36. The first-order valence-corrected chi connectivity index (χ1v) is 4.40. The highest BCUT2D eigenvalue weighted by Crippen LogP contribution is 2.00. The number of Topliss-reactive ketones (excluding diaryl/α,β-unsaturated/α-hetero) is 1. The Labute approximate surface area is 82.8 Å². The van der Waals surface area contributed by atoms with E-state index in [1.807, 2.05) is 0 Å². The average Bonchev–Trinajstić information content (AvgIpc) is 2.03. The Balaban J connectivity index is 4.22. The fraction of sp³-hybridized carbons (Fsp3) is 0.667. The number of rotatable bonds is 5. The zero-order chi connectivity index (χ0) is 11.1. The minimum Gasteiger partial charge on any atom is -0.465 e. The number of amides is 1. The van der Waals surface area contributed by atoms with Crippen LogP contribution in [0.3, 0.4) is 0 Å². The summed E-state index contributed by atoms with van der Waals surface area (Å²) in [4.78, 5) is 32.8. The quantitative estimate of drug-likeness (QED) is 0.497. The fourth-order valence-corrected chi connectivity index (χ4v) is 0.882. The van der Waals surface area contributed by atoms with Crippen molar-refractivity contribution in [1.29, 1.82) is 0 Å². The number of hydrogen-bond donors (Lipinski definition) is 1. The smallest absolute Gasteiger partial charge is 0.318 e. The van der Waals surface area contributed by atoms with Gasteiger partial charge in [-0.2, -0.15) is 0 Å². The third-order valence-corrected chi connectivity index (χ3v) is 1.62. The average molecular weight is 201 g/mol. The number of carbonyl (C=O) groups is 3. The molecule has 1 unspecified atom stereocenters. The van der Waals surface area contributed by atoms with Gasteiger partial charge in [0.2, 0.25) is 5.91 Å². The number of ketones is 1. The maximum absolute atomic E-state index is 11.2. The van der Waals surface area contributed by atoms with E-state index in [9.17, 15) is 14.4 Å². The van der Waals surface area contributed by atoms with E-state index in [2.05, 4.69) is 10.1 Å². The lowest BCUT2D eigenvalue weighted by molar-refractivity contribution is -0.150. The van der Waals surface area contributed by atoms with Gasteiger partial charge in [-0.05, 0) is 13.8 Å². The van der Waals surface area contributed by atoms with E-state index in [1.54, 1.807) is 6.92 Å². The van der Waals surface area contributed by atoms with Gasteiger partial charge < -0.3 is 10.1 Å². The van der Waals surface area contributed by atoms with Gasteiger partial charge >= 0.3 is 5.97 Å². The highest BCUT2D eigenvalue weighted by atomic mass is 16.5. The standard InChI is InChI=1S/C9H15NO4/c1-4-14-9(13)8(6(2)11)5-10-7(3)12/h8H,4-5H2,1-3H3,(H,10,12). The van der Waals surface area contributed by atoms with Crippen LogP contribution < -0.4 is 5.32 Å². The molecule has 0 rings (SSSR count). The summed E-state index contributed by atoms with van der Waals surface area (Å²) in [5.41, 5.74) is 0. The van der Waals surface area contributed by atoms with Gasteiger partial charge in [-0.25, -0.2) is 0 Å². The van der Waals surface area contributed by atoms with Crippen LogP contribution in [0.4, 0.5) is 0 Å². The molecule has 0 saturated heterocycles. The molecule has 0 aromatic rings. The van der Waals surface area contributed by atoms with Gasteiger partial charge in [0.05, 0.1) is 6.61 Å². The van der Waals surface area contributed by atoms with Gasteiger partial charge in [-0.15, -0.1) is 0 Å². The van der Waals surface area contributed by atoms with Gasteiger partial charge in [0.1, 0.15) is 11.7 Å². The highest BCUT2D eigenvalue weighted by molar-refractivity contribution is 5.98.